The molecule has 0 aliphatic carbocycles. The van der Waals surface area contributed by atoms with Crippen LogP contribution in [-0.4, -0.2) is 12.2 Å². The fourth-order valence-corrected chi connectivity index (χ4v) is 1.29. The van der Waals surface area contributed by atoms with E-state index < -0.39 is 0 Å². The minimum Gasteiger partial charge on any atom is -0.400 e. The van der Waals surface area contributed by atoms with Crippen molar-refractivity contribution in [3.05, 3.63) is 43.3 Å². The van der Waals surface area contributed by atoms with Gasteiger partial charge >= 0.3 is 0 Å². The van der Waals surface area contributed by atoms with Gasteiger partial charge in [-0.25, -0.2) is 0 Å². The minimum atomic E-state index is 0. The van der Waals surface area contributed by atoms with Crippen LogP contribution in [0.25, 0.3) is 0 Å². The molecule has 0 fully saturated rings. The second-order valence-corrected chi connectivity index (χ2v) is 5.24. The second-order valence-electron chi connectivity index (χ2n) is 5.24. The van der Waals surface area contributed by atoms with Crippen LogP contribution in [0.3, 0.4) is 0 Å². The normalized spacial score (nSPS) is 8.04. The summed E-state index contributed by atoms with van der Waals surface area (Å²) in [5.74, 6) is 0. The number of hydrogen-bond acceptors (Lipinski definition) is 1. The second kappa shape index (κ2) is 28.8. The number of aliphatic hydroxyl groups excluding tert-OH is 1. The fraction of sp³-hybridized carbons (Fsp3) is 0.667. The Morgan fingerprint density at radius 1 is 0.667 bits per heavy atom. The first-order chi connectivity index (χ1) is 9.86. The summed E-state index contributed by atoms with van der Waals surface area (Å²) in [6.45, 7) is 23.5. The molecule has 1 aromatic rings. The molecule has 0 heterocycles. The number of hydrogen-bond donors (Lipinski definition) is 1. The molecule has 1 N–H and O–H groups in total. The summed E-state index contributed by atoms with van der Waals surface area (Å²) in [7, 11) is 1.00. The smallest absolute Gasteiger partial charge is 0.0319 e. The maximum atomic E-state index is 7.00. The summed E-state index contributed by atoms with van der Waals surface area (Å²) in [6, 6.07) is 10.7. The van der Waals surface area contributed by atoms with Crippen LogP contribution in [-0.2, 0) is 59.2 Å². The summed E-state index contributed by atoms with van der Waals surface area (Å²) in [4.78, 5) is 0. The van der Waals surface area contributed by atoms with Gasteiger partial charge in [-0.2, -0.15) is 0 Å². The van der Waals surface area contributed by atoms with Crippen LogP contribution in [0.1, 0.15) is 81.7 Å². The van der Waals surface area contributed by atoms with Crippen LogP contribution in [0.15, 0.2) is 30.3 Å². The van der Waals surface area contributed by atoms with Crippen LogP contribution in [0.4, 0.5) is 0 Å². The molecule has 1 radical (unpaired) electrons. The Kier molecular flexibility index (Phi) is 53.2. The molecule has 0 aliphatic rings. The largest absolute Gasteiger partial charge is 0.400 e. The molecule has 1 rings (SSSR count). The Labute approximate surface area is 195 Å². The van der Waals surface area contributed by atoms with Gasteiger partial charge in [-0.05, 0) is 16.4 Å². The van der Waals surface area contributed by atoms with E-state index in [1.54, 1.807) is 0 Å². The SMILES string of the molecule is CC.CC.CC.CC(C)(C)C(C)(C)c1ccccc1.CO.[CH3-].[W].[Y]. The Morgan fingerprint density at radius 3 is 1.12 bits per heavy atom. The van der Waals surface area contributed by atoms with Crippen molar-refractivity contribution in [3.8, 4) is 0 Å². The third-order valence-corrected chi connectivity index (χ3v) is 3.37. The van der Waals surface area contributed by atoms with Crippen molar-refractivity contribution >= 4 is 0 Å². The zero-order valence-corrected chi connectivity index (χ0v) is 24.6. The predicted molar refractivity (Wildman–Crippen MR) is 108 cm³/mol. The van der Waals surface area contributed by atoms with E-state index >= 15 is 0 Å². The minimum absolute atomic E-state index is 0. The molecule has 0 aliphatic heterocycles. The molecule has 0 amide bonds. The number of benzene rings is 1. The molecule has 1 nitrogen and oxygen atoms in total. The van der Waals surface area contributed by atoms with Crippen LogP contribution >= 0.6 is 0 Å². The van der Waals surface area contributed by atoms with E-state index in [-0.39, 0.29) is 66.6 Å². The molecule has 0 bridgehead atoms. The molecule has 0 aromatic heterocycles. The molecule has 24 heavy (non-hydrogen) atoms. The Bertz CT molecular complexity index is 280. The standard InChI is InChI=1S/C13H20.3C2H6.CH4O.CH3.W.Y/c1-12(2,3)13(4,5)11-9-7-6-8-10-11;4*1-2;;;/h6-10H,1-5H3;3*1-2H3;2H,1H3;1H3;;/q;;;;;-1;;. The van der Waals surface area contributed by atoms with Crippen molar-refractivity contribution < 1.29 is 58.9 Å². The first-order valence-corrected chi connectivity index (χ1v) is 8.36. The summed E-state index contributed by atoms with van der Waals surface area (Å²) >= 11 is 0. The summed E-state index contributed by atoms with van der Waals surface area (Å²) in [5, 5.41) is 7.00. The summed E-state index contributed by atoms with van der Waals surface area (Å²) in [5.41, 5.74) is 1.95. The molecule has 0 spiro atoms. The molecule has 1 aromatic carbocycles. The Morgan fingerprint density at radius 2 is 0.917 bits per heavy atom. The van der Waals surface area contributed by atoms with Gasteiger partial charge in [0, 0.05) is 60.9 Å². The maximum absolute atomic E-state index is 7.00. The van der Waals surface area contributed by atoms with Crippen molar-refractivity contribution in [2.24, 2.45) is 5.41 Å². The van der Waals surface area contributed by atoms with Crippen molar-refractivity contribution in [1.29, 1.82) is 0 Å². The molecular weight excluding hydrogens is 541 g/mol. The van der Waals surface area contributed by atoms with E-state index in [0.717, 1.165) is 7.11 Å². The van der Waals surface area contributed by atoms with E-state index in [4.69, 9.17) is 5.11 Å². The van der Waals surface area contributed by atoms with Gasteiger partial charge in [0.05, 0.1) is 0 Å². The van der Waals surface area contributed by atoms with Gasteiger partial charge in [-0.1, -0.05) is 106 Å². The van der Waals surface area contributed by atoms with Crippen LogP contribution in [0.2, 0.25) is 0 Å². The molecule has 3 heteroatoms. The monoisotopic (exact) mass is 586 g/mol. The maximum Gasteiger partial charge on any atom is 0.0319 e. The van der Waals surface area contributed by atoms with Crippen molar-refractivity contribution in [2.75, 3.05) is 7.11 Å². The first kappa shape index (κ1) is 44.4. The van der Waals surface area contributed by atoms with E-state index in [1.807, 2.05) is 41.5 Å². The van der Waals surface area contributed by atoms with Gasteiger partial charge in [-0.15, -0.1) is 0 Å². The fourth-order valence-electron chi connectivity index (χ4n) is 1.29. The van der Waals surface area contributed by atoms with Crippen molar-refractivity contribution in [1.82, 2.24) is 0 Å². The average molecular weight is 586 g/mol. The predicted octanol–water partition coefficient (Wildman–Crippen LogP) is 7.14. The summed E-state index contributed by atoms with van der Waals surface area (Å²) in [6.07, 6.45) is 0. The molecule has 145 valence electrons. The van der Waals surface area contributed by atoms with Crippen LogP contribution in [0, 0.1) is 12.8 Å². The Balaban J connectivity index is -0.0000000464. The molecule has 0 saturated carbocycles. The average Bonchev–Trinajstić information content (AvgIpc) is 2.55. The quantitative estimate of drug-likeness (QED) is 0.347. The van der Waals surface area contributed by atoms with E-state index in [0.29, 0.717) is 5.41 Å². The van der Waals surface area contributed by atoms with E-state index in [2.05, 4.69) is 65.0 Å². The first-order valence-electron chi connectivity index (χ1n) is 8.36. The van der Waals surface area contributed by atoms with Gasteiger partial charge in [0.15, 0.2) is 0 Å². The van der Waals surface area contributed by atoms with Gasteiger partial charge in [0.1, 0.15) is 0 Å². The topological polar surface area (TPSA) is 20.2 Å². The molecule has 0 atom stereocenters. The third-order valence-electron chi connectivity index (χ3n) is 3.37. The van der Waals surface area contributed by atoms with Gasteiger partial charge in [0.2, 0.25) is 0 Å². The number of aliphatic hydroxyl groups is 1. The van der Waals surface area contributed by atoms with Crippen molar-refractivity contribution in [2.45, 2.75) is 81.6 Å². The van der Waals surface area contributed by atoms with Gasteiger partial charge in [0.25, 0.3) is 0 Å². The van der Waals surface area contributed by atoms with Gasteiger partial charge < -0.3 is 12.5 Å². The molecular formula is C21H45OWY-. The Hall–Kier alpha value is 0.972. The number of rotatable bonds is 1. The van der Waals surface area contributed by atoms with E-state index in [9.17, 15) is 0 Å². The zero-order valence-electron chi connectivity index (χ0n) is 18.8. The summed E-state index contributed by atoms with van der Waals surface area (Å²) < 4.78 is 0. The van der Waals surface area contributed by atoms with Crippen LogP contribution < -0.4 is 0 Å². The zero-order chi connectivity index (χ0) is 18.1. The molecule has 0 saturated heterocycles. The van der Waals surface area contributed by atoms with Crippen molar-refractivity contribution in [3.63, 3.8) is 0 Å². The van der Waals surface area contributed by atoms with Crippen LogP contribution in [0.5, 0.6) is 0 Å². The molecule has 0 unspecified atom stereocenters. The van der Waals surface area contributed by atoms with Gasteiger partial charge in [-0.3, -0.25) is 0 Å². The van der Waals surface area contributed by atoms with E-state index in [1.165, 1.54) is 5.56 Å². The third kappa shape index (κ3) is 19.3.